The minimum atomic E-state index is -0.222. The molecule has 2 N–H and O–H groups in total. The smallest absolute Gasteiger partial charge is 0.129 e. The molecule has 4 heteroatoms. The van der Waals surface area contributed by atoms with Crippen molar-refractivity contribution in [3.8, 4) is 0 Å². The van der Waals surface area contributed by atoms with Crippen LogP contribution in [0.5, 0.6) is 0 Å². The Morgan fingerprint density at radius 1 is 1.35 bits per heavy atom. The van der Waals surface area contributed by atoms with Gasteiger partial charge in [0.2, 0.25) is 0 Å². The minimum Gasteiger partial charge on any atom is -0.330 e. The summed E-state index contributed by atoms with van der Waals surface area (Å²) in [6.07, 6.45) is 4.52. The van der Waals surface area contributed by atoms with Gasteiger partial charge in [0.05, 0.1) is 16.6 Å². The van der Waals surface area contributed by atoms with Crippen molar-refractivity contribution in [1.29, 1.82) is 0 Å². The van der Waals surface area contributed by atoms with E-state index in [1.54, 1.807) is 0 Å². The zero-order valence-corrected chi connectivity index (χ0v) is 11.5. The van der Waals surface area contributed by atoms with Crippen molar-refractivity contribution in [2.75, 3.05) is 0 Å². The van der Waals surface area contributed by atoms with E-state index in [4.69, 9.17) is 10.7 Å². The predicted molar refractivity (Wildman–Crippen MR) is 72.7 cm³/mol. The number of hydrogen-bond acceptors (Lipinski definition) is 2. The van der Waals surface area contributed by atoms with Crippen LogP contribution in [0.2, 0.25) is 0 Å². The molecule has 1 saturated carbocycles. The van der Waals surface area contributed by atoms with Gasteiger partial charge < -0.3 is 10.3 Å². The van der Waals surface area contributed by atoms with Gasteiger partial charge in [-0.3, -0.25) is 0 Å². The number of imidazole rings is 1. The van der Waals surface area contributed by atoms with Gasteiger partial charge in [0, 0.05) is 11.5 Å². The lowest BCUT2D eigenvalue weighted by Crippen LogP contribution is -2.36. The Bertz CT molecular complexity index is 567. The van der Waals surface area contributed by atoms with Gasteiger partial charge in [-0.15, -0.1) is 0 Å². The van der Waals surface area contributed by atoms with Crippen LogP contribution in [0.15, 0.2) is 22.7 Å². The highest BCUT2D eigenvalue weighted by Crippen LogP contribution is 2.36. The minimum absolute atomic E-state index is 0.222. The zero-order chi connectivity index (χ0) is 12.0. The number of aromatic nitrogens is 2. The van der Waals surface area contributed by atoms with E-state index in [2.05, 4.69) is 39.7 Å². The molecule has 0 saturated heterocycles. The van der Waals surface area contributed by atoms with Crippen LogP contribution >= 0.6 is 15.9 Å². The fourth-order valence-corrected chi connectivity index (χ4v) is 3.20. The van der Waals surface area contributed by atoms with Crippen LogP contribution in [-0.2, 0) is 12.6 Å². The SMILES string of the molecule is Cn1c(C2(N)CCCC2)nc2cc(Br)ccc21. The average Bonchev–Trinajstić information content (AvgIpc) is 2.85. The molecule has 0 aliphatic heterocycles. The third kappa shape index (κ3) is 1.70. The van der Waals surface area contributed by atoms with Gasteiger partial charge in [0.15, 0.2) is 0 Å². The molecule has 0 spiro atoms. The summed E-state index contributed by atoms with van der Waals surface area (Å²) < 4.78 is 3.21. The van der Waals surface area contributed by atoms with E-state index in [9.17, 15) is 0 Å². The predicted octanol–water partition coefficient (Wildman–Crippen LogP) is 3.06. The summed E-state index contributed by atoms with van der Waals surface area (Å²) in [6.45, 7) is 0. The Balaban J connectivity index is 2.20. The van der Waals surface area contributed by atoms with Gasteiger partial charge in [0.25, 0.3) is 0 Å². The lowest BCUT2D eigenvalue weighted by Gasteiger charge is -2.22. The summed E-state index contributed by atoms with van der Waals surface area (Å²) in [7, 11) is 2.06. The summed E-state index contributed by atoms with van der Waals surface area (Å²) in [5, 5.41) is 0. The summed E-state index contributed by atoms with van der Waals surface area (Å²) in [5.74, 6) is 1.03. The summed E-state index contributed by atoms with van der Waals surface area (Å²) >= 11 is 3.48. The van der Waals surface area contributed by atoms with Crippen molar-refractivity contribution >= 4 is 27.0 Å². The maximum atomic E-state index is 6.49. The van der Waals surface area contributed by atoms with Crippen LogP contribution in [-0.4, -0.2) is 9.55 Å². The molecule has 3 rings (SSSR count). The number of aryl methyl sites for hydroxylation is 1. The third-order valence-corrected chi connectivity index (χ3v) is 4.28. The molecule has 0 unspecified atom stereocenters. The van der Waals surface area contributed by atoms with Crippen LogP contribution in [0.25, 0.3) is 11.0 Å². The fraction of sp³-hybridized carbons (Fsp3) is 0.462. The molecule has 1 aliphatic rings. The Kier molecular flexibility index (Phi) is 2.52. The number of rotatable bonds is 1. The van der Waals surface area contributed by atoms with Crippen LogP contribution in [0.4, 0.5) is 0 Å². The first kappa shape index (κ1) is 11.2. The molecule has 3 nitrogen and oxygen atoms in total. The summed E-state index contributed by atoms with van der Waals surface area (Å²) in [5.41, 5.74) is 8.44. The van der Waals surface area contributed by atoms with Crippen molar-refractivity contribution in [1.82, 2.24) is 9.55 Å². The Morgan fingerprint density at radius 3 is 2.76 bits per heavy atom. The molecular formula is C13H16BrN3. The van der Waals surface area contributed by atoms with E-state index in [1.165, 1.54) is 12.8 Å². The monoisotopic (exact) mass is 293 g/mol. The fourth-order valence-electron chi connectivity index (χ4n) is 2.85. The second kappa shape index (κ2) is 3.82. The number of halogens is 1. The first-order chi connectivity index (χ1) is 8.10. The number of fused-ring (bicyclic) bond motifs is 1. The van der Waals surface area contributed by atoms with Gasteiger partial charge in [-0.25, -0.2) is 4.98 Å². The largest absolute Gasteiger partial charge is 0.330 e. The molecule has 0 amide bonds. The summed E-state index contributed by atoms with van der Waals surface area (Å²) in [6, 6.07) is 6.19. The molecule has 1 aliphatic carbocycles. The van der Waals surface area contributed by atoms with E-state index >= 15 is 0 Å². The second-order valence-electron chi connectivity index (χ2n) is 4.99. The van der Waals surface area contributed by atoms with Crippen LogP contribution < -0.4 is 5.73 Å². The van der Waals surface area contributed by atoms with Gasteiger partial charge in [-0.1, -0.05) is 28.8 Å². The van der Waals surface area contributed by atoms with Gasteiger partial charge in [0.1, 0.15) is 5.82 Å². The standard InChI is InChI=1S/C13H16BrN3/c1-17-11-5-4-9(14)8-10(11)16-12(17)13(15)6-2-3-7-13/h4-5,8H,2-3,6-7,15H2,1H3. The molecule has 2 aromatic rings. The van der Waals surface area contributed by atoms with Crippen LogP contribution in [0.3, 0.4) is 0 Å². The van der Waals surface area contributed by atoms with Crippen molar-refractivity contribution in [3.63, 3.8) is 0 Å². The van der Waals surface area contributed by atoms with E-state index in [0.29, 0.717) is 0 Å². The Hall–Kier alpha value is -0.870. The number of hydrogen-bond donors (Lipinski definition) is 1. The van der Waals surface area contributed by atoms with Gasteiger partial charge in [-0.05, 0) is 31.0 Å². The zero-order valence-electron chi connectivity index (χ0n) is 9.91. The molecule has 0 radical (unpaired) electrons. The molecular weight excluding hydrogens is 278 g/mol. The van der Waals surface area contributed by atoms with E-state index in [1.807, 2.05) is 6.07 Å². The molecule has 1 aromatic carbocycles. The number of nitrogens with zero attached hydrogens (tertiary/aromatic N) is 2. The van der Waals surface area contributed by atoms with E-state index < -0.39 is 0 Å². The molecule has 0 bridgehead atoms. The van der Waals surface area contributed by atoms with Crippen LogP contribution in [0, 0.1) is 0 Å². The topological polar surface area (TPSA) is 43.8 Å². The first-order valence-electron chi connectivity index (χ1n) is 6.01. The van der Waals surface area contributed by atoms with Crippen LogP contribution in [0.1, 0.15) is 31.5 Å². The normalized spacial score (nSPS) is 19.0. The molecule has 1 fully saturated rings. The quantitative estimate of drug-likeness (QED) is 0.878. The Labute approximate surface area is 109 Å². The first-order valence-corrected chi connectivity index (χ1v) is 6.81. The lowest BCUT2D eigenvalue weighted by molar-refractivity contribution is 0.420. The maximum Gasteiger partial charge on any atom is 0.129 e. The van der Waals surface area contributed by atoms with Crippen molar-refractivity contribution < 1.29 is 0 Å². The van der Waals surface area contributed by atoms with E-state index in [0.717, 1.165) is 34.2 Å². The lowest BCUT2D eigenvalue weighted by atomic mass is 9.98. The van der Waals surface area contributed by atoms with Crippen molar-refractivity contribution in [2.45, 2.75) is 31.2 Å². The highest BCUT2D eigenvalue weighted by molar-refractivity contribution is 9.10. The number of benzene rings is 1. The molecule has 90 valence electrons. The summed E-state index contributed by atoms with van der Waals surface area (Å²) in [4.78, 5) is 4.73. The molecule has 17 heavy (non-hydrogen) atoms. The average molecular weight is 294 g/mol. The number of nitrogens with two attached hydrogens (primary N) is 1. The van der Waals surface area contributed by atoms with Gasteiger partial charge >= 0.3 is 0 Å². The van der Waals surface area contributed by atoms with Crippen molar-refractivity contribution in [3.05, 3.63) is 28.5 Å². The highest BCUT2D eigenvalue weighted by atomic mass is 79.9. The van der Waals surface area contributed by atoms with Gasteiger partial charge in [-0.2, -0.15) is 0 Å². The maximum absolute atomic E-state index is 6.49. The molecule has 1 aromatic heterocycles. The molecule has 1 heterocycles. The molecule has 0 atom stereocenters. The third-order valence-electron chi connectivity index (χ3n) is 3.78. The Morgan fingerprint density at radius 2 is 2.06 bits per heavy atom. The highest BCUT2D eigenvalue weighted by Gasteiger charge is 2.35. The second-order valence-corrected chi connectivity index (χ2v) is 5.91. The van der Waals surface area contributed by atoms with E-state index in [-0.39, 0.29) is 5.54 Å². The van der Waals surface area contributed by atoms with Crippen molar-refractivity contribution in [2.24, 2.45) is 12.8 Å².